The molecule has 22 heavy (non-hydrogen) atoms. The highest BCUT2D eigenvalue weighted by atomic mass is 35.5. The number of rotatable bonds is 3. The van der Waals surface area contributed by atoms with Crippen LogP contribution in [0.25, 0.3) is 0 Å². The van der Waals surface area contributed by atoms with Gasteiger partial charge in [0.15, 0.2) is 15.9 Å². The summed E-state index contributed by atoms with van der Waals surface area (Å²) in [6, 6.07) is 2.64. The van der Waals surface area contributed by atoms with Crippen LogP contribution in [-0.2, 0) is 19.4 Å². The summed E-state index contributed by atoms with van der Waals surface area (Å²) >= 11 is 5.97. The van der Waals surface area contributed by atoms with Gasteiger partial charge in [0.05, 0.1) is 28.7 Å². The number of ether oxygens (including phenoxy) is 1. The lowest BCUT2D eigenvalue weighted by molar-refractivity contribution is -0.147. The molecular weight excluding hydrogens is 334 g/mol. The molecule has 1 heterocycles. The van der Waals surface area contributed by atoms with Crippen molar-refractivity contribution in [2.45, 2.75) is 10.9 Å². The minimum Gasteiger partial charge on any atom is -0.480 e. The minimum atomic E-state index is -3.51. The van der Waals surface area contributed by atoms with Crippen molar-refractivity contribution in [3.05, 3.63) is 28.8 Å². The minimum absolute atomic E-state index is 0.0438. The van der Waals surface area contributed by atoms with Crippen LogP contribution in [0.2, 0.25) is 5.02 Å². The fourth-order valence-electron chi connectivity index (χ4n) is 2.10. The number of halogens is 1. The Morgan fingerprint density at radius 3 is 2.68 bits per heavy atom. The second kappa shape index (κ2) is 6.23. The van der Waals surface area contributed by atoms with Gasteiger partial charge < -0.3 is 14.7 Å². The molecule has 9 heteroatoms. The molecule has 1 fully saturated rings. The average Bonchev–Trinajstić information content (AvgIpc) is 2.45. The van der Waals surface area contributed by atoms with Gasteiger partial charge in [-0.2, -0.15) is 0 Å². The lowest BCUT2D eigenvalue weighted by Gasteiger charge is -2.33. The van der Waals surface area contributed by atoms with E-state index >= 15 is 0 Å². The first-order chi connectivity index (χ1) is 10.2. The molecule has 2 rings (SSSR count). The molecular formula is C13H14ClNO6S. The molecule has 0 bridgehead atoms. The number of amides is 1. The van der Waals surface area contributed by atoms with Gasteiger partial charge in [-0.15, -0.1) is 0 Å². The quantitative estimate of drug-likeness (QED) is 0.862. The van der Waals surface area contributed by atoms with Crippen molar-refractivity contribution in [2.24, 2.45) is 0 Å². The zero-order valence-electron chi connectivity index (χ0n) is 11.7. The zero-order valence-corrected chi connectivity index (χ0v) is 13.2. The van der Waals surface area contributed by atoms with E-state index in [9.17, 15) is 18.0 Å². The molecule has 1 unspecified atom stereocenters. The van der Waals surface area contributed by atoms with Crippen LogP contribution in [0, 0.1) is 0 Å². The molecule has 1 aliphatic rings. The number of carboxylic acid groups (broad SMARTS) is 1. The number of carbonyl (C=O) groups is 2. The number of sulfone groups is 1. The Morgan fingerprint density at radius 1 is 1.41 bits per heavy atom. The number of carbonyl (C=O) groups excluding carboxylic acids is 1. The lowest BCUT2D eigenvalue weighted by Crippen LogP contribution is -2.52. The molecule has 0 saturated carbocycles. The van der Waals surface area contributed by atoms with Crippen LogP contribution >= 0.6 is 11.6 Å². The van der Waals surface area contributed by atoms with Crippen molar-refractivity contribution in [3.8, 4) is 0 Å². The summed E-state index contributed by atoms with van der Waals surface area (Å²) in [5.41, 5.74) is -0.0438. The topological polar surface area (TPSA) is 101 Å². The van der Waals surface area contributed by atoms with E-state index in [0.717, 1.165) is 17.2 Å². The second-order valence-corrected chi connectivity index (χ2v) is 7.26. The highest BCUT2D eigenvalue weighted by Crippen LogP contribution is 2.23. The summed E-state index contributed by atoms with van der Waals surface area (Å²) in [7, 11) is -3.51. The Labute approximate surface area is 132 Å². The Hall–Kier alpha value is -1.64. The maximum atomic E-state index is 12.5. The van der Waals surface area contributed by atoms with Gasteiger partial charge in [-0.05, 0) is 18.2 Å². The van der Waals surface area contributed by atoms with Gasteiger partial charge in [0.25, 0.3) is 5.91 Å². The summed E-state index contributed by atoms with van der Waals surface area (Å²) in [6.45, 7) is 0.179. The Kier molecular flexibility index (Phi) is 4.74. The number of morpholine rings is 1. The van der Waals surface area contributed by atoms with Gasteiger partial charge in [-0.3, -0.25) is 4.79 Å². The molecule has 1 amide bonds. The molecule has 1 aliphatic heterocycles. The van der Waals surface area contributed by atoms with Crippen LogP contribution in [0.1, 0.15) is 10.4 Å². The predicted molar refractivity (Wildman–Crippen MR) is 77.8 cm³/mol. The van der Waals surface area contributed by atoms with Crippen LogP contribution < -0.4 is 0 Å². The van der Waals surface area contributed by atoms with E-state index in [2.05, 4.69) is 0 Å². The number of carboxylic acids is 1. The average molecular weight is 348 g/mol. The van der Waals surface area contributed by atoms with Gasteiger partial charge in [0, 0.05) is 12.8 Å². The maximum absolute atomic E-state index is 12.5. The van der Waals surface area contributed by atoms with Crippen LogP contribution in [0.4, 0.5) is 0 Å². The summed E-state index contributed by atoms with van der Waals surface area (Å²) in [6.07, 6.45) is 1.01. The largest absolute Gasteiger partial charge is 0.480 e. The van der Waals surface area contributed by atoms with Gasteiger partial charge in [-0.25, -0.2) is 13.2 Å². The van der Waals surface area contributed by atoms with Gasteiger partial charge >= 0.3 is 5.97 Å². The van der Waals surface area contributed by atoms with Crippen molar-refractivity contribution in [1.29, 1.82) is 0 Å². The number of hydrogen-bond donors (Lipinski definition) is 1. The molecule has 1 aromatic carbocycles. The monoisotopic (exact) mass is 347 g/mol. The van der Waals surface area contributed by atoms with Gasteiger partial charge in [0.1, 0.15) is 0 Å². The lowest BCUT2D eigenvalue weighted by atomic mass is 10.1. The molecule has 7 nitrogen and oxygen atoms in total. The van der Waals surface area contributed by atoms with E-state index < -0.39 is 27.8 Å². The van der Waals surface area contributed by atoms with E-state index in [1.165, 1.54) is 12.1 Å². The molecule has 0 aromatic heterocycles. The maximum Gasteiger partial charge on any atom is 0.328 e. The smallest absolute Gasteiger partial charge is 0.328 e. The summed E-state index contributed by atoms with van der Waals surface area (Å²) in [5.74, 6) is -1.82. The fourth-order valence-corrected chi connectivity index (χ4v) is 2.95. The van der Waals surface area contributed by atoms with E-state index in [0.29, 0.717) is 0 Å². The molecule has 1 saturated heterocycles. The van der Waals surface area contributed by atoms with Crippen LogP contribution in [-0.4, -0.2) is 62.4 Å². The van der Waals surface area contributed by atoms with E-state index in [1.54, 1.807) is 0 Å². The van der Waals surface area contributed by atoms with Crippen LogP contribution in [0.15, 0.2) is 23.1 Å². The number of benzene rings is 1. The van der Waals surface area contributed by atoms with Crippen molar-refractivity contribution in [3.63, 3.8) is 0 Å². The molecule has 0 spiro atoms. The highest BCUT2D eigenvalue weighted by molar-refractivity contribution is 7.90. The number of aliphatic carboxylic acids is 1. The van der Waals surface area contributed by atoms with Crippen molar-refractivity contribution >= 4 is 33.3 Å². The highest BCUT2D eigenvalue weighted by Gasteiger charge is 2.34. The fraction of sp³-hybridized carbons (Fsp3) is 0.385. The summed E-state index contributed by atoms with van der Waals surface area (Å²) in [4.78, 5) is 24.8. The first-order valence-electron chi connectivity index (χ1n) is 6.33. The van der Waals surface area contributed by atoms with E-state index in [-0.39, 0.29) is 35.2 Å². The third kappa shape index (κ3) is 3.40. The van der Waals surface area contributed by atoms with Gasteiger partial charge in [0.2, 0.25) is 0 Å². The van der Waals surface area contributed by atoms with Crippen molar-refractivity contribution in [1.82, 2.24) is 4.90 Å². The van der Waals surface area contributed by atoms with E-state index in [1.807, 2.05) is 0 Å². The van der Waals surface area contributed by atoms with E-state index in [4.69, 9.17) is 21.4 Å². The Balaban J connectivity index is 2.42. The molecule has 1 N–H and O–H groups in total. The van der Waals surface area contributed by atoms with Crippen molar-refractivity contribution in [2.75, 3.05) is 26.0 Å². The summed E-state index contributed by atoms with van der Waals surface area (Å²) < 4.78 is 28.2. The summed E-state index contributed by atoms with van der Waals surface area (Å²) in [5, 5.41) is 9.22. The van der Waals surface area contributed by atoms with Crippen LogP contribution in [0.3, 0.4) is 0 Å². The second-order valence-electron chi connectivity index (χ2n) is 4.84. The van der Waals surface area contributed by atoms with Crippen molar-refractivity contribution < 1.29 is 27.9 Å². The standard InChI is InChI=1S/C13H14ClNO6S/c1-22(19,20)8-2-3-10(14)9(6-8)12(16)15-4-5-21-7-11(15)13(17)18/h2-3,6,11H,4-5,7H2,1H3,(H,17,18). The third-order valence-electron chi connectivity index (χ3n) is 3.27. The molecule has 120 valence electrons. The first kappa shape index (κ1) is 16.7. The van der Waals surface area contributed by atoms with Gasteiger partial charge in [-0.1, -0.05) is 11.6 Å². The third-order valence-corrected chi connectivity index (χ3v) is 4.71. The molecule has 1 aromatic rings. The Bertz CT molecular complexity index is 717. The normalized spacial score (nSPS) is 19.0. The number of hydrogen-bond acceptors (Lipinski definition) is 5. The molecule has 0 radical (unpaired) electrons. The zero-order chi connectivity index (χ0) is 16.5. The number of nitrogens with zero attached hydrogens (tertiary/aromatic N) is 1. The molecule has 0 aliphatic carbocycles. The first-order valence-corrected chi connectivity index (χ1v) is 8.60. The SMILES string of the molecule is CS(=O)(=O)c1ccc(Cl)c(C(=O)N2CCOCC2C(=O)O)c1. The van der Waals surface area contributed by atoms with Crippen LogP contribution in [0.5, 0.6) is 0 Å². The molecule has 1 atom stereocenters. The predicted octanol–water partition coefficient (Wildman–Crippen LogP) is 0.669. The Morgan fingerprint density at radius 2 is 2.09 bits per heavy atom.